The number of rotatable bonds is 2. The van der Waals surface area contributed by atoms with Gasteiger partial charge in [0.1, 0.15) is 14.2 Å². The van der Waals surface area contributed by atoms with Gasteiger partial charge in [0, 0.05) is 30.6 Å². The fourth-order valence-electron chi connectivity index (χ4n) is 1.17. The molecule has 0 unspecified atom stereocenters. The molecular weight excluding hydrogens is 355 g/mol. The van der Waals surface area contributed by atoms with Crippen LogP contribution in [-0.2, 0) is 40.6 Å². The first-order chi connectivity index (χ1) is 10.4. The average Bonchev–Trinajstić information content (AvgIpc) is 2.57. The number of ketones is 1. The minimum Gasteiger partial charge on any atom is 0 e. The number of Topliss-reactive ketones (excluding diaryl/α,β-unsaturated/α-hetero) is 1. The van der Waals surface area contributed by atoms with Crippen LogP contribution in [0.1, 0.15) is 6.42 Å². The molecule has 0 aliphatic heterocycles. The van der Waals surface area contributed by atoms with Gasteiger partial charge in [-0.3, -0.25) is 4.79 Å². The Morgan fingerprint density at radius 3 is 1.91 bits per heavy atom. The van der Waals surface area contributed by atoms with Gasteiger partial charge in [-0.15, -0.1) is 5.54 Å². The van der Waals surface area contributed by atoms with Gasteiger partial charge in [-0.25, -0.2) is 0 Å². The Bertz CT molecular complexity index is 403. The molecule has 0 saturated heterocycles. The number of hydrogen-bond acceptors (Lipinski definition) is 2. The molecule has 5 nitrogen and oxygen atoms in total. The Balaban J connectivity index is -0.000000231. The standard InChI is InChI=1S/C13H17O2Si.3CO.Mn/c1-15-12-7-5-11(6-8-12)13(14)9-10-16(2,3)4;3*1-2;/h5,7-8H,6H2,1-4H3;;;;. The largest absolute Gasteiger partial charge is 0 e. The van der Waals surface area contributed by atoms with Gasteiger partial charge in [-0.05, 0) is 25.2 Å². The average molecular weight is 372 g/mol. The SMILES string of the molecule is CO[C]1[CH][CH][C](C(=O)C#C[Si](C)(C)C)C[CH]1.[C-]#[O+].[C-]#[O+].[C-]#[O+].[Mn]. The second-order valence-corrected chi connectivity index (χ2v) is 9.45. The first-order valence-corrected chi connectivity index (χ1v) is 9.39. The third-order valence-electron chi connectivity index (χ3n) is 2.05. The van der Waals surface area contributed by atoms with Crippen molar-refractivity contribution in [2.75, 3.05) is 7.11 Å². The molecule has 0 N–H and O–H groups in total. The van der Waals surface area contributed by atoms with Gasteiger partial charge in [0.15, 0.2) is 0 Å². The second-order valence-electron chi connectivity index (χ2n) is 4.70. The normalized spacial score (nSPS) is 13.5. The molecule has 0 atom stereocenters. The van der Waals surface area contributed by atoms with E-state index < -0.39 is 8.07 Å². The molecule has 122 valence electrons. The molecule has 23 heavy (non-hydrogen) atoms. The maximum absolute atomic E-state index is 11.7. The minimum absolute atomic E-state index is 0. The monoisotopic (exact) mass is 372 g/mol. The van der Waals surface area contributed by atoms with E-state index in [-0.39, 0.29) is 22.9 Å². The molecule has 0 bridgehead atoms. The van der Waals surface area contributed by atoms with Crippen LogP contribution in [-0.4, -0.2) is 21.0 Å². The van der Waals surface area contributed by atoms with Crippen LogP contribution in [0.5, 0.6) is 0 Å². The first kappa shape index (κ1) is 30.1. The first-order valence-electron chi connectivity index (χ1n) is 5.89. The molecule has 1 rings (SSSR count). The summed E-state index contributed by atoms with van der Waals surface area (Å²) in [6.07, 6.45) is 6.89. The molecule has 1 saturated carbocycles. The quantitative estimate of drug-likeness (QED) is 0.322. The van der Waals surface area contributed by atoms with Gasteiger partial charge in [-0.2, -0.15) is 0 Å². The van der Waals surface area contributed by atoms with Crippen molar-refractivity contribution in [1.29, 1.82) is 0 Å². The van der Waals surface area contributed by atoms with E-state index in [1.54, 1.807) is 20.0 Å². The third kappa shape index (κ3) is 17.3. The van der Waals surface area contributed by atoms with Gasteiger partial charge < -0.3 is 4.74 Å². The number of carbonyl (C=O) groups excluding carboxylic acids is 1. The number of ether oxygens (including phenoxy) is 1. The van der Waals surface area contributed by atoms with E-state index in [9.17, 15) is 4.79 Å². The summed E-state index contributed by atoms with van der Waals surface area (Å²) in [4.78, 5) is 11.7. The van der Waals surface area contributed by atoms with E-state index in [0.717, 1.165) is 12.0 Å². The van der Waals surface area contributed by atoms with Crippen LogP contribution in [0, 0.1) is 62.7 Å². The number of methoxy groups -OCH3 is 1. The van der Waals surface area contributed by atoms with E-state index in [1.165, 1.54) is 0 Å². The summed E-state index contributed by atoms with van der Waals surface area (Å²) < 4.78 is 27.6. The van der Waals surface area contributed by atoms with E-state index in [2.05, 4.69) is 51.1 Å². The van der Waals surface area contributed by atoms with Crippen LogP contribution in [0.15, 0.2) is 0 Å². The smallest absolute Gasteiger partial charge is 0 e. The molecule has 6 radical (unpaired) electrons. The van der Waals surface area contributed by atoms with E-state index >= 15 is 0 Å². The summed E-state index contributed by atoms with van der Waals surface area (Å²) in [6.45, 7) is 19.9. The summed E-state index contributed by atoms with van der Waals surface area (Å²) in [5.74, 6) is 3.42. The van der Waals surface area contributed by atoms with Crippen molar-refractivity contribution in [3.8, 4) is 11.5 Å². The zero-order chi connectivity index (χ0) is 18.2. The van der Waals surface area contributed by atoms with Crippen LogP contribution in [0.3, 0.4) is 0 Å². The van der Waals surface area contributed by atoms with Gasteiger partial charge in [0.2, 0.25) is 5.78 Å². The molecule has 0 spiro atoms. The summed E-state index contributed by atoms with van der Waals surface area (Å²) in [5, 5.41) is 0. The van der Waals surface area contributed by atoms with Crippen LogP contribution in [0.2, 0.25) is 19.6 Å². The van der Waals surface area contributed by atoms with Gasteiger partial charge in [0.25, 0.3) is 0 Å². The molecule has 1 fully saturated rings. The van der Waals surface area contributed by atoms with Gasteiger partial charge in [-0.1, -0.05) is 19.6 Å². The Morgan fingerprint density at radius 1 is 1.13 bits per heavy atom. The molecular formula is C16H17MnO5Si. The molecule has 7 heteroatoms. The molecule has 0 amide bonds. The molecule has 0 aromatic carbocycles. The van der Waals surface area contributed by atoms with Crippen molar-refractivity contribution in [2.24, 2.45) is 0 Å². The molecule has 0 aromatic heterocycles. The maximum Gasteiger partial charge on any atom is 0 e. The maximum atomic E-state index is 11.7. The predicted molar refractivity (Wildman–Crippen MR) is 78.9 cm³/mol. The van der Waals surface area contributed by atoms with Crippen molar-refractivity contribution in [3.63, 3.8) is 0 Å². The topological polar surface area (TPSA) is 86.0 Å². The fraction of sp³-hybridized carbons (Fsp3) is 0.312. The second kappa shape index (κ2) is 19.2. The fourth-order valence-corrected chi connectivity index (χ4v) is 1.66. The third-order valence-corrected chi connectivity index (χ3v) is 2.93. The van der Waals surface area contributed by atoms with Gasteiger partial charge >= 0.3 is 33.9 Å². The van der Waals surface area contributed by atoms with E-state index in [0.29, 0.717) is 6.42 Å². The van der Waals surface area contributed by atoms with E-state index in [4.69, 9.17) is 18.7 Å². The Kier molecular flexibility index (Phi) is 25.1. The van der Waals surface area contributed by atoms with Gasteiger partial charge in [0.05, 0.1) is 5.92 Å². The number of hydrogen-bond donors (Lipinski definition) is 0. The summed E-state index contributed by atoms with van der Waals surface area (Å²) in [6, 6.07) is 0. The van der Waals surface area contributed by atoms with Crippen molar-refractivity contribution >= 4 is 13.9 Å². The zero-order valence-electron chi connectivity index (χ0n) is 13.4. The predicted octanol–water partition coefficient (Wildman–Crippen LogP) is 2.09. The van der Waals surface area contributed by atoms with Crippen LogP contribution in [0.25, 0.3) is 0 Å². The van der Waals surface area contributed by atoms with Crippen molar-refractivity contribution < 1.29 is 40.6 Å². The molecule has 1 aliphatic rings. The zero-order valence-corrected chi connectivity index (χ0v) is 15.5. The van der Waals surface area contributed by atoms with Crippen molar-refractivity contribution in [1.82, 2.24) is 0 Å². The Hall–Kier alpha value is -0.854. The van der Waals surface area contributed by atoms with Crippen LogP contribution >= 0.6 is 0 Å². The summed E-state index contributed by atoms with van der Waals surface area (Å²) in [7, 11) is 0.156. The molecule has 0 heterocycles. The minimum atomic E-state index is -1.46. The van der Waals surface area contributed by atoms with E-state index in [1.807, 2.05) is 6.42 Å². The summed E-state index contributed by atoms with van der Waals surface area (Å²) in [5.41, 5.74) is 3.08. The molecule has 1 aliphatic carbocycles. The number of carbonyl (C=O) groups is 1. The van der Waals surface area contributed by atoms with Crippen LogP contribution < -0.4 is 0 Å². The van der Waals surface area contributed by atoms with Crippen LogP contribution in [0.4, 0.5) is 0 Å². The van der Waals surface area contributed by atoms with Crippen molar-refractivity contribution in [3.05, 3.63) is 51.2 Å². The Labute approximate surface area is 150 Å². The summed E-state index contributed by atoms with van der Waals surface area (Å²) >= 11 is 0. The molecule has 0 aromatic rings. The van der Waals surface area contributed by atoms with Crippen molar-refractivity contribution in [2.45, 2.75) is 26.1 Å². The Morgan fingerprint density at radius 2 is 1.61 bits per heavy atom.